The predicted molar refractivity (Wildman–Crippen MR) is 61.6 cm³/mol. The molecule has 0 aliphatic carbocycles. The highest BCUT2D eigenvalue weighted by atomic mass is 16.2. The van der Waals surface area contributed by atoms with Gasteiger partial charge in [-0.25, -0.2) is 0 Å². The third-order valence-electron chi connectivity index (χ3n) is 2.46. The first kappa shape index (κ1) is 12.2. The maximum Gasteiger partial charge on any atom is 0.309 e. The first-order valence-corrected chi connectivity index (χ1v) is 5.23. The largest absolute Gasteiger partial charge is 0.361 e. The van der Waals surface area contributed by atoms with Gasteiger partial charge < -0.3 is 11.1 Å². The fourth-order valence-corrected chi connectivity index (χ4v) is 1.39. The normalized spacial score (nSPS) is 11.9. The van der Waals surface area contributed by atoms with Crippen LogP contribution in [0.1, 0.15) is 31.0 Å². The molecular formula is C12H16N2O2. The summed E-state index contributed by atoms with van der Waals surface area (Å²) in [6.07, 6.45) is 0.975. The Hall–Kier alpha value is -1.84. The molecule has 1 atom stereocenters. The molecule has 4 nitrogen and oxygen atoms in total. The fraction of sp³-hybridized carbons (Fsp3) is 0.333. The van der Waals surface area contributed by atoms with Crippen molar-refractivity contribution in [3.8, 4) is 0 Å². The van der Waals surface area contributed by atoms with Crippen LogP contribution in [-0.4, -0.2) is 11.8 Å². The number of aryl methyl sites for hydroxylation is 1. The monoisotopic (exact) mass is 220 g/mol. The van der Waals surface area contributed by atoms with Gasteiger partial charge in [-0.1, -0.05) is 31.2 Å². The first-order valence-electron chi connectivity index (χ1n) is 5.23. The van der Waals surface area contributed by atoms with Crippen molar-refractivity contribution < 1.29 is 9.59 Å². The van der Waals surface area contributed by atoms with E-state index in [1.54, 1.807) is 0 Å². The van der Waals surface area contributed by atoms with Crippen LogP contribution in [0.15, 0.2) is 24.3 Å². The second kappa shape index (κ2) is 5.30. The van der Waals surface area contributed by atoms with Gasteiger partial charge in [-0.2, -0.15) is 0 Å². The van der Waals surface area contributed by atoms with E-state index in [1.807, 2.05) is 31.2 Å². The minimum atomic E-state index is -0.961. The molecule has 2 amide bonds. The number of rotatable bonds is 3. The van der Waals surface area contributed by atoms with E-state index < -0.39 is 11.8 Å². The Morgan fingerprint density at radius 3 is 2.31 bits per heavy atom. The molecule has 1 aromatic rings. The molecule has 0 heterocycles. The lowest BCUT2D eigenvalue weighted by atomic mass is 10.1. The summed E-state index contributed by atoms with van der Waals surface area (Å²) >= 11 is 0. The number of nitrogens with two attached hydrogens (primary N) is 1. The third-order valence-corrected chi connectivity index (χ3v) is 2.46. The number of hydrogen-bond acceptors (Lipinski definition) is 2. The van der Waals surface area contributed by atoms with E-state index in [2.05, 4.69) is 12.2 Å². The summed E-state index contributed by atoms with van der Waals surface area (Å²) in [6, 6.07) is 7.66. The van der Waals surface area contributed by atoms with E-state index in [0.29, 0.717) is 0 Å². The molecule has 0 aliphatic heterocycles. The van der Waals surface area contributed by atoms with Gasteiger partial charge in [0.1, 0.15) is 0 Å². The van der Waals surface area contributed by atoms with Crippen LogP contribution in [-0.2, 0) is 16.0 Å². The van der Waals surface area contributed by atoms with Crippen molar-refractivity contribution in [3.63, 3.8) is 0 Å². The second-order valence-corrected chi connectivity index (χ2v) is 3.65. The highest BCUT2D eigenvalue weighted by molar-refractivity contribution is 6.34. The van der Waals surface area contributed by atoms with Crippen molar-refractivity contribution in [2.45, 2.75) is 26.3 Å². The quantitative estimate of drug-likeness (QED) is 0.743. The summed E-state index contributed by atoms with van der Waals surface area (Å²) in [5.41, 5.74) is 7.04. The molecular weight excluding hydrogens is 204 g/mol. The van der Waals surface area contributed by atoms with Gasteiger partial charge in [0.2, 0.25) is 0 Å². The molecule has 1 aromatic carbocycles. The molecule has 0 bridgehead atoms. The van der Waals surface area contributed by atoms with Crippen LogP contribution in [0.4, 0.5) is 0 Å². The Balaban J connectivity index is 2.69. The summed E-state index contributed by atoms with van der Waals surface area (Å²) in [5.74, 6) is -1.72. The third kappa shape index (κ3) is 3.08. The van der Waals surface area contributed by atoms with Gasteiger partial charge in [0.15, 0.2) is 0 Å². The van der Waals surface area contributed by atoms with Crippen LogP contribution in [0, 0.1) is 0 Å². The molecule has 1 unspecified atom stereocenters. The summed E-state index contributed by atoms with van der Waals surface area (Å²) in [6.45, 7) is 3.88. The van der Waals surface area contributed by atoms with Crippen LogP contribution in [0.3, 0.4) is 0 Å². The van der Waals surface area contributed by atoms with Crippen molar-refractivity contribution >= 4 is 11.8 Å². The lowest BCUT2D eigenvalue weighted by molar-refractivity contribution is -0.137. The van der Waals surface area contributed by atoms with E-state index in [9.17, 15) is 9.59 Å². The Bertz CT molecular complexity index is 385. The summed E-state index contributed by atoms with van der Waals surface area (Å²) in [4.78, 5) is 21.6. The molecule has 0 saturated carbocycles. The molecule has 0 aliphatic rings. The zero-order valence-electron chi connectivity index (χ0n) is 9.49. The van der Waals surface area contributed by atoms with Gasteiger partial charge in [-0.15, -0.1) is 0 Å². The Morgan fingerprint density at radius 1 is 1.31 bits per heavy atom. The topological polar surface area (TPSA) is 72.2 Å². The van der Waals surface area contributed by atoms with Crippen molar-refractivity contribution in [2.24, 2.45) is 5.73 Å². The number of primary amides is 1. The molecule has 86 valence electrons. The van der Waals surface area contributed by atoms with Crippen molar-refractivity contribution in [1.29, 1.82) is 0 Å². The average molecular weight is 220 g/mol. The summed E-state index contributed by atoms with van der Waals surface area (Å²) in [5, 5.41) is 2.52. The van der Waals surface area contributed by atoms with E-state index in [-0.39, 0.29) is 6.04 Å². The van der Waals surface area contributed by atoms with Gasteiger partial charge >= 0.3 is 11.8 Å². The van der Waals surface area contributed by atoms with Crippen molar-refractivity contribution in [1.82, 2.24) is 5.32 Å². The van der Waals surface area contributed by atoms with Crippen LogP contribution in [0.25, 0.3) is 0 Å². The van der Waals surface area contributed by atoms with Crippen LogP contribution >= 0.6 is 0 Å². The lowest BCUT2D eigenvalue weighted by Gasteiger charge is -2.13. The van der Waals surface area contributed by atoms with E-state index in [4.69, 9.17) is 5.73 Å². The fourth-order valence-electron chi connectivity index (χ4n) is 1.39. The Kier molecular flexibility index (Phi) is 4.05. The minimum Gasteiger partial charge on any atom is -0.361 e. The molecule has 0 saturated heterocycles. The van der Waals surface area contributed by atoms with Gasteiger partial charge in [0, 0.05) is 0 Å². The number of amides is 2. The second-order valence-electron chi connectivity index (χ2n) is 3.65. The summed E-state index contributed by atoms with van der Waals surface area (Å²) in [7, 11) is 0. The molecule has 0 fully saturated rings. The van der Waals surface area contributed by atoms with Crippen molar-refractivity contribution in [2.75, 3.05) is 0 Å². The number of carbonyl (C=O) groups is 2. The van der Waals surface area contributed by atoms with Crippen LogP contribution in [0.2, 0.25) is 0 Å². The number of carbonyl (C=O) groups excluding carboxylic acids is 2. The molecule has 1 rings (SSSR count). The molecule has 0 aromatic heterocycles. The highest BCUT2D eigenvalue weighted by Gasteiger charge is 2.13. The molecule has 0 radical (unpaired) electrons. The average Bonchev–Trinajstić information content (AvgIpc) is 2.28. The van der Waals surface area contributed by atoms with E-state index in [0.717, 1.165) is 12.0 Å². The lowest BCUT2D eigenvalue weighted by Crippen LogP contribution is -2.37. The zero-order chi connectivity index (χ0) is 12.1. The molecule has 16 heavy (non-hydrogen) atoms. The maximum absolute atomic E-state index is 11.1. The molecule has 3 N–H and O–H groups in total. The van der Waals surface area contributed by atoms with Gasteiger partial charge in [0.05, 0.1) is 6.04 Å². The van der Waals surface area contributed by atoms with Crippen molar-refractivity contribution in [3.05, 3.63) is 35.4 Å². The van der Waals surface area contributed by atoms with Crippen LogP contribution in [0.5, 0.6) is 0 Å². The Morgan fingerprint density at radius 2 is 1.88 bits per heavy atom. The highest BCUT2D eigenvalue weighted by Crippen LogP contribution is 2.13. The van der Waals surface area contributed by atoms with Gasteiger partial charge in [-0.05, 0) is 24.5 Å². The number of benzene rings is 1. The summed E-state index contributed by atoms with van der Waals surface area (Å²) < 4.78 is 0. The molecule has 0 spiro atoms. The SMILES string of the molecule is CCc1ccc(C(C)NC(=O)C(N)=O)cc1. The zero-order valence-corrected chi connectivity index (χ0v) is 9.49. The van der Waals surface area contributed by atoms with Gasteiger partial charge in [-0.3, -0.25) is 9.59 Å². The number of nitrogens with one attached hydrogen (secondary N) is 1. The molecule has 4 heteroatoms. The van der Waals surface area contributed by atoms with Crippen LogP contribution < -0.4 is 11.1 Å². The Labute approximate surface area is 94.8 Å². The standard InChI is InChI=1S/C12H16N2O2/c1-3-9-4-6-10(7-5-9)8(2)14-12(16)11(13)15/h4-8H,3H2,1-2H3,(H2,13,15)(H,14,16). The van der Waals surface area contributed by atoms with E-state index >= 15 is 0 Å². The smallest absolute Gasteiger partial charge is 0.309 e. The predicted octanol–water partition coefficient (Wildman–Crippen LogP) is 0.911. The van der Waals surface area contributed by atoms with Gasteiger partial charge in [0.25, 0.3) is 0 Å². The minimum absolute atomic E-state index is 0.217. The maximum atomic E-state index is 11.1. The number of hydrogen-bond donors (Lipinski definition) is 2. The first-order chi connectivity index (χ1) is 7.54. The van der Waals surface area contributed by atoms with E-state index in [1.165, 1.54) is 5.56 Å².